The van der Waals surface area contributed by atoms with E-state index in [-0.39, 0.29) is 30.8 Å². The smallest absolute Gasteiger partial charge is 0.186 e. The van der Waals surface area contributed by atoms with Gasteiger partial charge in [0.05, 0.1) is 6.10 Å². The molecule has 5 nitrogen and oxygen atoms in total. The van der Waals surface area contributed by atoms with Crippen LogP contribution in [0.5, 0.6) is 0 Å². The van der Waals surface area contributed by atoms with Gasteiger partial charge in [0.25, 0.3) is 0 Å². The molecule has 1 unspecified atom stereocenters. The van der Waals surface area contributed by atoms with Crippen molar-refractivity contribution in [2.24, 2.45) is 5.92 Å². The van der Waals surface area contributed by atoms with E-state index in [2.05, 4.69) is 6.58 Å². The molecule has 2 saturated heterocycles. The quantitative estimate of drug-likeness (QED) is 0.742. The molecule has 2 rings (SSSR count). The maximum atomic E-state index is 9.38. The van der Waals surface area contributed by atoms with Crippen LogP contribution in [0, 0.1) is 5.92 Å². The molecular formula is C14H24O5. The van der Waals surface area contributed by atoms with Crippen molar-refractivity contribution in [3.63, 3.8) is 0 Å². The van der Waals surface area contributed by atoms with Crippen molar-refractivity contribution in [1.29, 1.82) is 0 Å². The van der Waals surface area contributed by atoms with Crippen LogP contribution in [0.3, 0.4) is 0 Å². The molecule has 0 saturated carbocycles. The molecule has 5 atom stereocenters. The summed E-state index contributed by atoms with van der Waals surface area (Å²) < 4.78 is 22.9. The van der Waals surface area contributed by atoms with E-state index in [1.54, 1.807) is 7.11 Å². The molecule has 0 aliphatic carbocycles. The zero-order chi connectivity index (χ0) is 14.0. The van der Waals surface area contributed by atoms with E-state index in [0.29, 0.717) is 6.42 Å². The number of fused-ring (bicyclic) bond motifs is 1. The number of methoxy groups -OCH3 is 1. The minimum Gasteiger partial charge on any atom is -0.396 e. The summed E-state index contributed by atoms with van der Waals surface area (Å²) in [5.74, 6) is -0.479. The minimum atomic E-state index is -0.610. The summed E-state index contributed by atoms with van der Waals surface area (Å²) in [5, 5.41) is 9.38. The van der Waals surface area contributed by atoms with Crippen molar-refractivity contribution in [2.75, 3.05) is 13.7 Å². The molecule has 0 amide bonds. The summed E-state index contributed by atoms with van der Waals surface area (Å²) in [6.07, 6.45) is 2.43. The van der Waals surface area contributed by atoms with Gasteiger partial charge >= 0.3 is 0 Å². The highest BCUT2D eigenvalue weighted by molar-refractivity contribution is 4.96. The van der Waals surface area contributed by atoms with E-state index < -0.39 is 12.1 Å². The van der Waals surface area contributed by atoms with E-state index in [1.807, 2.05) is 19.9 Å². The molecule has 0 spiro atoms. The first-order valence-corrected chi connectivity index (χ1v) is 6.76. The fourth-order valence-electron chi connectivity index (χ4n) is 2.83. The summed E-state index contributed by atoms with van der Waals surface area (Å²) in [6.45, 7) is 7.61. The average molecular weight is 272 g/mol. The molecule has 0 radical (unpaired) electrons. The van der Waals surface area contributed by atoms with Gasteiger partial charge in [-0.25, -0.2) is 0 Å². The van der Waals surface area contributed by atoms with E-state index in [9.17, 15) is 5.11 Å². The van der Waals surface area contributed by atoms with Gasteiger partial charge in [0.15, 0.2) is 12.1 Å². The van der Waals surface area contributed by atoms with Gasteiger partial charge < -0.3 is 24.1 Å². The number of ether oxygens (including phenoxy) is 4. The molecule has 0 aromatic carbocycles. The predicted octanol–water partition coefficient (Wildman–Crippen LogP) is 1.45. The van der Waals surface area contributed by atoms with E-state index in [1.165, 1.54) is 0 Å². The normalized spacial score (nSPS) is 38.1. The zero-order valence-electron chi connectivity index (χ0n) is 11.9. The lowest BCUT2D eigenvalue weighted by atomic mass is 9.95. The third kappa shape index (κ3) is 3.17. The largest absolute Gasteiger partial charge is 0.396 e. The molecule has 5 heteroatoms. The molecule has 2 aliphatic heterocycles. The molecule has 0 bridgehead atoms. The average Bonchev–Trinajstić information content (AvgIpc) is 2.83. The Morgan fingerprint density at radius 1 is 1.37 bits per heavy atom. The summed E-state index contributed by atoms with van der Waals surface area (Å²) in [4.78, 5) is 0. The number of aliphatic hydroxyl groups is 1. The Balaban J connectivity index is 2.03. The van der Waals surface area contributed by atoms with Gasteiger partial charge in [-0.05, 0) is 32.6 Å². The zero-order valence-corrected chi connectivity index (χ0v) is 11.9. The predicted molar refractivity (Wildman–Crippen MR) is 69.5 cm³/mol. The molecule has 1 N–H and O–H groups in total. The third-order valence-corrected chi connectivity index (χ3v) is 3.66. The molecule has 110 valence electrons. The second-order valence-corrected chi connectivity index (χ2v) is 5.65. The SMILES string of the molecule is C=CC[C@H](CO)C[C@H]1O[C@@H](OC)[C@H]2OC(C)(C)OC12. The Morgan fingerprint density at radius 3 is 2.63 bits per heavy atom. The fourth-order valence-corrected chi connectivity index (χ4v) is 2.83. The van der Waals surface area contributed by atoms with Crippen LogP contribution < -0.4 is 0 Å². The number of rotatable bonds is 6. The maximum Gasteiger partial charge on any atom is 0.186 e. The van der Waals surface area contributed by atoms with Crippen molar-refractivity contribution in [2.45, 2.75) is 57.1 Å². The lowest BCUT2D eigenvalue weighted by Crippen LogP contribution is -2.31. The monoisotopic (exact) mass is 272 g/mol. The second-order valence-electron chi connectivity index (χ2n) is 5.65. The number of hydrogen-bond acceptors (Lipinski definition) is 5. The molecule has 19 heavy (non-hydrogen) atoms. The van der Waals surface area contributed by atoms with Crippen molar-refractivity contribution in [1.82, 2.24) is 0 Å². The van der Waals surface area contributed by atoms with E-state index in [0.717, 1.165) is 6.42 Å². The highest BCUT2D eigenvalue weighted by Gasteiger charge is 2.55. The number of hydrogen-bond donors (Lipinski definition) is 1. The van der Waals surface area contributed by atoms with Gasteiger partial charge in [-0.15, -0.1) is 6.58 Å². The van der Waals surface area contributed by atoms with Gasteiger partial charge in [-0.2, -0.15) is 0 Å². The molecular weight excluding hydrogens is 248 g/mol. The van der Waals surface area contributed by atoms with Gasteiger partial charge in [-0.3, -0.25) is 0 Å². The van der Waals surface area contributed by atoms with E-state index in [4.69, 9.17) is 18.9 Å². The molecule has 2 heterocycles. The van der Waals surface area contributed by atoms with Crippen LogP contribution in [0.1, 0.15) is 26.7 Å². The number of aliphatic hydroxyl groups excluding tert-OH is 1. The Morgan fingerprint density at radius 2 is 2.05 bits per heavy atom. The lowest BCUT2D eigenvalue weighted by molar-refractivity contribution is -0.228. The molecule has 0 aromatic heterocycles. The van der Waals surface area contributed by atoms with Crippen molar-refractivity contribution < 1.29 is 24.1 Å². The Labute approximate surface area is 114 Å². The van der Waals surface area contributed by atoms with Crippen LogP contribution in [-0.2, 0) is 18.9 Å². The van der Waals surface area contributed by atoms with Crippen LogP contribution in [0.25, 0.3) is 0 Å². The molecule has 0 aromatic rings. The lowest BCUT2D eigenvalue weighted by Gasteiger charge is -2.25. The molecule has 2 fully saturated rings. The molecule has 2 aliphatic rings. The standard InChI is InChI=1S/C14H24O5/c1-5-6-9(8-15)7-10-11-12(13(16-4)17-10)19-14(2,3)18-11/h5,9-13,15H,1,6-8H2,2-4H3/t9-,10+,11?,12-,13+/m0/s1. The first-order chi connectivity index (χ1) is 9.00. The minimum absolute atomic E-state index is 0.116. The van der Waals surface area contributed by atoms with Crippen LogP contribution in [0.4, 0.5) is 0 Å². The van der Waals surface area contributed by atoms with Crippen LogP contribution in [-0.4, -0.2) is 49.2 Å². The Kier molecular flexibility index (Phi) is 4.63. The second kappa shape index (κ2) is 5.89. The third-order valence-electron chi connectivity index (χ3n) is 3.66. The van der Waals surface area contributed by atoms with Crippen LogP contribution >= 0.6 is 0 Å². The Hall–Kier alpha value is -0.460. The highest BCUT2D eigenvalue weighted by atomic mass is 16.8. The van der Waals surface area contributed by atoms with Gasteiger partial charge in [0, 0.05) is 13.7 Å². The number of allylic oxidation sites excluding steroid dienone is 1. The summed E-state index contributed by atoms with van der Waals surface area (Å²) in [6, 6.07) is 0. The van der Waals surface area contributed by atoms with Gasteiger partial charge in [0.1, 0.15) is 12.2 Å². The highest BCUT2D eigenvalue weighted by Crippen LogP contribution is 2.40. The first-order valence-electron chi connectivity index (χ1n) is 6.76. The summed E-state index contributed by atoms with van der Waals surface area (Å²) >= 11 is 0. The van der Waals surface area contributed by atoms with Crippen LogP contribution in [0.15, 0.2) is 12.7 Å². The summed E-state index contributed by atoms with van der Waals surface area (Å²) in [7, 11) is 1.60. The maximum absolute atomic E-state index is 9.38. The van der Waals surface area contributed by atoms with E-state index >= 15 is 0 Å². The van der Waals surface area contributed by atoms with Crippen molar-refractivity contribution in [3.05, 3.63) is 12.7 Å². The van der Waals surface area contributed by atoms with Crippen molar-refractivity contribution >= 4 is 0 Å². The van der Waals surface area contributed by atoms with Crippen LogP contribution in [0.2, 0.25) is 0 Å². The first kappa shape index (κ1) is 14.9. The van der Waals surface area contributed by atoms with Crippen molar-refractivity contribution in [3.8, 4) is 0 Å². The fraction of sp³-hybridized carbons (Fsp3) is 0.857. The summed E-state index contributed by atoms with van der Waals surface area (Å²) in [5.41, 5.74) is 0. The van der Waals surface area contributed by atoms with Gasteiger partial charge in [0.2, 0.25) is 0 Å². The van der Waals surface area contributed by atoms with Gasteiger partial charge in [-0.1, -0.05) is 6.08 Å². The topological polar surface area (TPSA) is 57.2 Å². The Bertz CT molecular complexity index is 317.